The maximum Gasteiger partial charge on any atom is 0.325 e. The fourth-order valence-corrected chi connectivity index (χ4v) is 3.43. The van der Waals surface area contributed by atoms with Gasteiger partial charge >= 0.3 is 6.03 Å². The molecule has 0 unspecified atom stereocenters. The van der Waals surface area contributed by atoms with Gasteiger partial charge in [0.2, 0.25) is 5.91 Å². The normalized spacial score (nSPS) is 10.6. The molecule has 29 heavy (non-hydrogen) atoms. The number of fused-ring (bicyclic) bond motifs is 1. The number of carbonyl (C=O) groups excluding carboxylic acids is 2. The van der Waals surface area contributed by atoms with Gasteiger partial charge in [-0.05, 0) is 18.2 Å². The van der Waals surface area contributed by atoms with Gasteiger partial charge in [0.1, 0.15) is 11.4 Å². The Hall–Kier alpha value is -3.72. The minimum Gasteiger partial charge on any atom is -0.308 e. The fraction of sp³-hybridized carbons (Fsp3) is 0.0500. The van der Waals surface area contributed by atoms with Gasteiger partial charge in [0.25, 0.3) is 5.78 Å². The predicted molar refractivity (Wildman–Crippen MR) is 111 cm³/mol. The van der Waals surface area contributed by atoms with E-state index in [1.54, 1.807) is 28.8 Å². The molecular formula is C20H16N6O2S. The van der Waals surface area contributed by atoms with E-state index in [0.717, 1.165) is 11.3 Å². The molecule has 9 heteroatoms. The Labute approximate surface area is 170 Å². The standard InChI is InChI=1S/C20H16N6O2S/c27-17(25-20(28)23-15-9-5-2-6-10-15)12-29-18-11-16(14-7-3-1-4-8-14)24-19-21-13-22-26(18)19/h1-11,13H,12H2,(H2,23,25,27,28). The molecule has 2 N–H and O–H groups in total. The van der Waals surface area contributed by atoms with Gasteiger partial charge < -0.3 is 5.32 Å². The van der Waals surface area contributed by atoms with Crippen LogP contribution in [0.2, 0.25) is 0 Å². The van der Waals surface area contributed by atoms with Crippen LogP contribution in [0, 0.1) is 0 Å². The van der Waals surface area contributed by atoms with Crippen LogP contribution in [0.3, 0.4) is 0 Å². The molecule has 144 valence electrons. The molecule has 3 amide bonds. The molecule has 0 saturated carbocycles. The topological polar surface area (TPSA) is 101 Å². The van der Waals surface area contributed by atoms with E-state index in [-0.39, 0.29) is 5.75 Å². The average Bonchev–Trinajstić information content (AvgIpc) is 3.22. The van der Waals surface area contributed by atoms with Crippen molar-refractivity contribution in [3.63, 3.8) is 0 Å². The number of amides is 3. The molecule has 0 atom stereocenters. The summed E-state index contributed by atoms with van der Waals surface area (Å²) in [5.41, 5.74) is 2.28. The lowest BCUT2D eigenvalue weighted by atomic mass is 10.1. The van der Waals surface area contributed by atoms with Crippen molar-refractivity contribution in [1.82, 2.24) is 24.9 Å². The SMILES string of the molecule is O=C(CSc1cc(-c2ccccc2)nc2ncnn12)NC(=O)Nc1ccccc1. The second-order valence-corrected chi connectivity index (χ2v) is 6.97. The maximum atomic E-state index is 12.2. The third kappa shape index (κ3) is 4.58. The third-order valence-electron chi connectivity index (χ3n) is 3.92. The number of aromatic nitrogens is 4. The zero-order valence-electron chi connectivity index (χ0n) is 15.1. The number of thioether (sulfide) groups is 1. The van der Waals surface area contributed by atoms with E-state index in [9.17, 15) is 9.59 Å². The molecule has 4 aromatic rings. The molecule has 8 nitrogen and oxygen atoms in total. The number of carbonyl (C=O) groups is 2. The average molecular weight is 404 g/mol. The summed E-state index contributed by atoms with van der Waals surface area (Å²) in [5.74, 6) is 0.0564. The number of hydrogen-bond donors (Lipinski definition) is 2. The van der Waals surface area contributed by atoms with Crippen molar-refractivity contribution in [3.8, 4) is 11.3 Å². The molecular weight excluding hydrogens is 388 g/mol. The lowest BCUT2D eigenvalue weighted by Gasteiger charge is -2.08. The number of urea groups is 1. The van der Waals surface area contributed by atoms with E-state index in [1.807, 2.05) is 42.5 Å². The summed E-state index contributed by atoms with van der Waals surface area (Å²) in [4.78, 5) is 32.8. The summed E-state index contributed by atoms with van der Waals surface area (Å²) in [6.45, 7) is 0. The molecule has 2 aromatic carbocycles. The fourth-order valence-electron chi connectivity index (χ4n) is 2.63. The van der Waals surface area contributed by atoms with Gasteiger partial charge in [0.05, 0.1) is 11.4 Å². The van der Waals surface area contributed by atoms with Gasteiger partial charge in [-0.3, -0.25) is 10.1 Å². The van der Waals surface area contributed by atoms with Crippen molar-refractivity contribution in [1.29, 1.82) is 0 Å². The Balaban J connectivity index is 1.44. The zero-order chi connectivity index (χ0) is 20.1. The number of benzene rings is 2. The summed E-state index contributed by atoms with van der Waals surface area (Å²) < 4.78 is 1.56. The highest BCUT2D eigenvalue weighted by atomic mass is 32.2. The van der Waals surface area contributed by atoms with Crippen LogP contribution in [0.4, 0.5) is 10.5 Å². The first kappa shape index (κ1) is 18.6. The number of rotatable bonds is 5. The van der Waals surface area contributed by atoms with Gasteiger partial charge in [-0.25, -0.2) is 9.78 Å². The molecule has 0 aliphatic heterocycles. The molecule has 0 aliphatic carbocycles. The first-order valence-electron chi connectivity index (χ1n) is 8.74. The van der Waals surface area contributed by atoms with Crippen LogP contribution in [-0.4, -0.2) is 37.3 Å². The second kappa shape index (κ2) is 8.53. The van der Waals surface area contributed by atoms with Gasteiger partial charge in [-0.1, -0.05) is 60.3 Å². The molecule has 0 aliphatic rings. The molecule has 4 rings (SSSR count). The Morgan fingerprint density at radius 2 is 1.72 bits per heavy atom. The molecule has 0 radical (unpaired) electrons. The first-order chi connectivity index (χ1) is 14.2. The van der Waals surface area contributed by atoms with Crippen LogP contribution < -0.4 is 10.6 Å². The summed E-state index contributed by atoms with van der Waals surface area (Å²) in [7, 11) is 0. The number of hydrogen-bond acceptors (Lipinski definition) is 6. The minimum absolute atomic E-state index is 0.0371. The molecule has 2 heterocycles. The monoisotopic (exact) mass is 404 g/mol. The number of anilines is 1. The van der Waals surface area contributed by atoms with E-state index < -0.39 is 11.9 Å². The van der Waals surface area contributed by atoms with Crippen molar-refractivity contribution >= 4 is 35.2 Å². The van der Waals surface area contributed by atoms with Crippen LogP contribution in [-0.2, 0) is 4.79 Å². The van der Waals surface area contributed by atoms with Crippen molar-refractivity contribution in [2.75, 3.05) is 11.1 Å². The summed E-state index contributed by atoms with van der Waals surface area (Å²) in [5, 5.41) is 9.78. The number of nitrogens with zero attached hydrogens (tertiary/aromatic N) is 4. The highest BCUT2D eigenvalue weighted by Crippen LogP contribution is 2.24. The van der Waals surface area contributed by atoms with Crippen molar-refractivity contribution in [3.05, 3.63) is 73.1 Å². The number of nitrogens with one attached hydrogen (secondary N) is 2. The smallest absolute Gasteiger partial charge is 0.308 e. The van der Waals surface area contributed by atoms with Crippen LogP contribution in [0.1, 0.15) is 0 Å². The van der Waals surface area contributed by atoms with Crippen LogP contribution >= 0.6 is 11.8 Å². The first-order valence-corrected chi connectivity index (χ1v) is 9.72. The van der Waals surface area contributed by atoms with Crippen LogP contribution in [0.5, 0.6) is 0 Å². The summed E-state index contributed by atoms with van der Waals surface area (Å²) >= 11 is 1.25. The van der Waals surface area contributed by atoms with Crippen LogP contribution in [0.25, 0.3) is 17.0 Å². The van der Waals surface area contributed by atoms with Gasteiger partial charge in [-0.2, -0.15) is 14.6 Å². The molecule has 2 aromatic heterocycles. The minimum atomic E-state index is -0.576. The van der Waals surface area contributed by atoms with E-state index in [4.69, 9.17) is 0 Å². The third-order valence-corrected chi connectivity index (χ3v) is 4.92. The quantitative estimate of drug-likeness (QED) is 0.391. The van der Waals surface area contributed by atoms with E-state index in [2.05, 4.69) is 25.7 Å². The lowest BCUT2D eigenvalue weighted by Crippen LogP contribution is -2.35. The molecule has 0 bridgehead atoms. The zero-order valence-corrected chi connectivity index (χ0v) is 16.0. The summed E-state index contributed by atoms with van der Waals surface area (Å²) in [6, 6.07) is 19.9. The van der Waals surface area contributed by atoms with Gasteiger partial charge in [-0.15, -0.1) is 0 Å². The molecule has 0 fully saturated rings. The number of imide groups is 1. The Kier molecular flexibility index (Phi) is 5.48. The van der Waals surface area contributed by atoms with Gasteiger partial charge in [0.15, 0.2) is 0 Å². The predicted octanol–water partition coefficient (Wildman–Crippen LogP) is 3.23. The van der Waals surface area contributed by atoms with Crippen LogP contribution in [0.15, 0.2) is 78.1 Å². The highest BCUT2D eigenvalue weighted by Gasteiger charge is 2.13. The summed E-state index contributed by atoms with van der Waals surface area (Å²) in [6.07, 6.45) is 1.41. The largest absolute Gasteiger partial charge is 0.325 e. The van der Waals surface area contributed by atoms with Crippen molar-refractivity contribution in [2.24, 2.45) is 0 Å². The maximum absolute atomic E-state index is 12.2. The molecule has 0 saturated heterocycles. The highest BCUT2D eigenvalue weighted by molar-refractivity contribution is 7.99. The number of para-hydroxylation sites is 1. The van der Waals surface area contributed by atoms with E-state index in [1.165, 1.54) is 18.1 Å². The lowest BCUT2D eigenvalue weighted by molar-refractivity contribution is -0.117. The van der Waals surface area contributed by atoms with E-state index in [0.29, 0.717) is 16.5 Å². The van der Waals surface area contributed by atoms with Crippen molar-refractivity contribution < 1.29 is 9.59 Å². The van der Waals surface area contributed by atoms with Crippen molar-refractivity contribution in [2.45, 2.75) is 5.03 Å². The van der Waals surface area contributed by atoms with E-state index >= 15 is 0 Å². The second-order valence-electron chi connectivity index (χ2n) is 5.97. The Bertz CT molecular complexity index is 1150. The molecule has 0 spiro atoms. The Morgan fingerprint density at radius 1 is 1.00 bits per heavy atom. The Morgan fingerprint density at radius 3 is 2.48 bits per heavy atom. The van der Waals surface area contributed by atoms with Gasteiger partial charge in [0, 0.05) is 11.3 Å².